The van der Waals surface area contributed by atoms with E-state index < -0.39 is 30.7 Å². The Hall–Kier alpha value is -3.36. The van der Waals surface area contributed by atoms with Crippen LogP contribution in [0.3, 0.4) is 0 Å². The molecule has 0 bridgehead atoms. The predicted molar refractivity (Wildman–Crippen MR) is 166 cm³/mol. The lowest BCUT2D eigenvalue weighted by Gasteiger charge is -2.46. The normalized spacial score (nSPS) is 22.1. The lowest BCUT2D eigenvalue weighted by molar-refractivity contribution is -0.334. The third-order valence-electron chi connectivity index (χ3n) is 7.25. The van der Waals surface area contributed by atoms with E-state index in [1.165, 1.54) is 0 Å². The van der Waals surface area contributed by atoms with Gasteiger partial charge >= 0.3 is 0 Å². The number of benzene rings is 4. The van der Waals surface area contributed by atoms with E-state index in [0.717, 1.165) is 22.3 Å². The minimum Gasteiger partial charge on any atom is -0.374 e. The van der Waals surface area contributed by atoms with Crippen LogP contribution in [-0.4, -0.2) is 43.4 Å². The van der Waals surface area contributed by atoms with Crippen LogP contribution in [0.2, 0.25) is 0 Å². The van der Waals surface area contributed by atoms with Gasteiger partial charge < -0.3 is 28.4 Å². The summed E-state index contributed by atoms with van der Waals surface area (Å²) in [5.74, 6) is 0. The minimum absolute atomic E-state index is 0.0877. The zero-order valence-electron chi connectivity index (χ0n) is 25.0. The van der Waals surface area contributed by atoms with Gasteiger partial charge in [-0.05, 0) is 36.1 Å². The van der Waals surface area contributed by atoms with Crippen molar-refractivity contribution < 1.29 is 28.4 Å². The second-order valence-electron chi connectivity index (χ2n) is 11.0. The molecule has 0 N–H and O–H groups in total. The second-order valence-corrected chi connectivity index (χ2v) is 11.0. The summed E-state index contributed by atoms with van der Waals surface area (Å²) in [5.41, 5.74) is 4.28. The molecule has 6 heteroatoms. The molecular formula is C37H42O6. The first kappa shape index (κ1) is 31.1. The number of hydrogen-bond donors (Lipinski definition) is 0. The molecule has 43 heavy (non-hydrogen) atoms. The maximum atomic E-state index is 6.71. The molecule has 0 aliphatic carbocycles. The molecule has 6 nitrogen and oxygen atoms in total. The van der Waals surface area contributed by atoms with E-state index in [2.05, 4.69) is 36.4 Å². The monoisotopic (exact) mass is 582 g/mol. The molecule has 1 fully saturated rings. The summed E-state index contributed by atoms with van der Waals surface area (Å²) >= 11 is 0. The fraction of sp³-hybridized carbons (Fsp3) is 0.351. The van der Waals surface area contributed by atoms with Crippen molar-refractivity contribution in [2.24, 2.45) is 0 Å². The van der Waals surface area contributed by atoms with Gasteiger partial charge in [0, 0.05) is 0 Å². The SMILES string of the molecule is CC(C)O[C@@H]1O[C@H](COCc2ccccc2)[C@@H](OCc2ccccc2)[C@H](OCc2ccccc2)[C@H]1OCc1ccccc1. The van der Waals surface area contributed by atoms with Crippen molar-refractivity contribution in [3.8, 4) is 0 Å². The molecule has 0 saturated carbocycles. The Labute approximate surface area is 255 Å². The van der Waals surface area contributed by atoms with Crippen molar-refractivity contribution in [2.75, 3.05) is 6.61 Å². The summed E-state index contributed by atoms with van der Waals surface area (Å²) in [5, 5.41) is 0. The zero-order chi connectivity index (χ0) is 29.7. The molecule has 0 unspecified atom stereocenters. The highest BCUT2D eigenvalue weighted by atomic mass is 16.7. The summed E-state index contributed by atoms with van der Waals surface area (Å²) in [4.78, 5) is 0. The molecule has 0 radical (unpaired) electrons. The highest BCUT2D eigenvalue weighted by Gasteiger charge is 2.49. The van der Waals surface area contributed by atoms with Gasteiger partial charge in [0.25, 0.3) is 0 Å². The smallest absolute Gasteiger partial charge is 0.187 e. The fourth-order valence-electron chi connectivity index (χ4n) is 5.12. The van der Waals surface area contributed by atoms with Gasteiger partial charge in [-0.1, -0.05) is 121 Å². The first-order chi connectivity index (χ1) is 21.2. The first-order valence-corrected chi connectivity index (χ1v) is 15.0. The molecule has 1 heterocycles. The average Bonchev–Trinajstić information content (AvgIpc) is 3.04. The van der Waals surface area contributed by atoms with Crippen LogP contribution in [0.4, 0.5) is 0 Å². The van der Waals surface area contributed by atoms with Crippen LogP contribution >= 0.6 is 0 Å². The summed E-state index contributed by atoms with van der Waals surface area (Å²) in [7, 11) is 0. The molecule has 1 saturated heterocycles. The Kier molecular flexibility index (Phi) is 11.9. The van der Waals surface area contributed by atoms with Crippen molar-refractivity contribution in [1.82, 2.24) is 0 Å². The summed E-state index contributed by atoms with van der Waals surface area (Å²) in [6.07, 6.45) is -2.73. The minimum atomic E-state index is -0.675. The molecule has 5 rings (SSSR count). The summed E-state index contributed by atoms with van der Waals surface area (Å²) in [6.45, 7) is 5.95. The second kappa shape index (κ2) is 16.5. The molecule has 226 valence electrons. The first-order valence-electron chi connectivity index (χ1n) is 15.0. The Morgan fingerprint density at radius 2 is 0.907 bits per heavy atom. The fourth-order valence-corrected chi connectivity index (χ4v) is 5.12. The van der Waals surface area contributed by atoms with Crippen molar-refractivity contribution in [3.05, 3.63) is 144 Å². The maximum absolute atomic E-state index is 6.71. The molecule has 4 aromatic rings. The lowest BCUT2D eigenvalue weighted by atomic mass is 9.97. The van der Waals surface area contributed by atoms with E-state index >= 15 is 0 Å². The number of hydrogen-bond acceptors (Lipinski definition) is 6. The van der Waals surface area contributed by atoms with Crippen LogP contribution < -0.4 is 0 Å². The van der Waals surface area contributed by atoms with E-state index in [9.17, 15) is 0 Å². The van der Waals surface area contributed by atoms with Gasteiger partial charge in [-0.2, -0.15) is 0 Å². The molecule has 0 spiro atoms. The third-order valence-corrected chi connectivity index (χ3v) is 7.25. The Balaban J connectivity index is 1.42. The van der Waals surface area contributed by atoms with E-state index in [1.54, 1.807) is 0 Å². The van der Waals surface area contributed by atoms with Crippen LogP contribution in [0.25, 0.3) is 0 Å². The molecule has 1 aliphatic rings. The van der Waals surface area contributed by atoms with E-state index in [4.69, 9.17) is 28.4 Å². The Morgan fingerprint density at radius 1 is 0.512 bits per heavy atom. The van der Waals surface area contributed by atoms with E-state index in [-0.39, 0.29) is 6.10 Å². The third kappa shape index (κ3) is 9.57. The van der Waals surface area contributed by atoms with Crippen LogP contribution in [0.1, 0.15) is 36.1 Å². The quantitative estimate of drug-likeness (QED) is 0.149. The number of ether oxygens (including phenoxy) is 6. The van der Waals surface area contributed by atoms with E-state index in [0.29, 0.717) is 33.0 Å². The van der Waals surface area contributed by atoms with Crippen LogP contribution in [0.5, 0.6) is 0 Å². The Bertz CT molecular complexity index is 1300. The van der Waals surface area contributed by atoms with Crippen molar-refractivity contribution in [1.29, 1.82) is 0 Å². The van der Waals surface area contributed by atoms with Gasteiger partial charge in [0.2, 0.25) is 0 Å². The van der Waals surface area contributed by atoms with Gasteiger partial charge in [-0.15, -0.1) is 0 Å². The molecule has 1 aliphatic heterocycles. The van der Waals surface area contributed by atoms with Gasteiger partial charge in [0.05, 0.1) is 39.1 Å². The standard InChI is InChI=1S/C37H42O6/c1-28(2)42-37-36(41-26-32-21-13-6-14-22-32)35(40-25-31-19-11-5-12-20-31)34(39-24-30-17-9-4-10-18-30)33(43-37)27-38-23-29-15-7-3-8-16-29/h3-22,28,33-37H,23-27H2,1-2H3/t33-,34-,35+,36-,37-/m1/s1. The van der Waals surface area contributed by atoms with E-state index in [1.807, 2.05) is 98.8 Å². The van der Waals surface area contributed by atoms with Crippen LogP contribution in [-0.2, 0) is 54.8 Å². The molecule has 0 amide bonds. The van der Waals surface area contributed by atoms with Crippen molar-refractivity contribution >= 4 is 0 Å². The predicted octanol–water partition coefficient (Wildman–Crippen LogP) is 7.11. The largest absolute Gasteiger partial charge is 0.374 e. The van der Waals surface area contributed by atoms with Crippen LogP contribution in [0.15, 0.2) is 121 Å². The zero-order valence-corrected chi connectivity index (χ0v) is 25.0. The molecular weight excluding hydrogens is 540 g/mol. The highest BCUT2D eigenvalue weighted by molar-refractivity contribution is 5.16. The lowest BCUT2D eigenvalue weighted by Crippen LogP contribution is -2.62. The van der Waals surface area contributed by atoms with Gasteiger partial charge in [-0.3, -0.25) is 0 Å². The molecule has 4 aromatic carbocycles. The number of rotatable bonds is 15. The van der Waals surface area contributed by atoms with Crippen molar-refractivity contribution in [3.63, 3.8) is 0 Å². The highest BCUT2D eigenvalue weighted by Crippen LogP contribution is 2.32. The Morgan fingerprint density at radius 3 is 1.35 bits per heavy atom. The van der Waals surface area contributed by atoms with Crippen LogP contribution in [0, 0.1) is 0 Å². The average molecular weight is 583 g/mol. The topological polar surface area (TPSA) is 55.4 Å². The van der Waals surface area contributed by atoms with Gasteiger partial charge in [0.15, 0.2) is 6.29 Å². The van der Waals surface area contributed by atoms with Gasteiger partial charge in [-0.25, -0.2) is 0 Å². The maximum Gasteiger partial charge on any atom is 0.187 e. The summed E-state index contributed by atoms with van der Waals surface area (Å²) < 4.78 is 39.2. The van der Waals surface area contributed by atoms with Crippen molar-refractivity contribution in [2.45, 2.75) is 77.1 Å². The molecule has 5 atom stereocenters. The summed E-state index contributed by atoms with van der Waals surface area (Å²) in [6, 6.07) is 40.5. The van der Waals surface area contributed by atoms with Gasteiger partial charge in [0.1, 0.15) is 24.4 Å². The molecule has 0 aromatic heterocycles.